The van der Waals surface area contributed by atoms with Gasteiger partial charge < -0.3 is 20.3 Å². The number of nitrogens with one attached hydrogen (secondary N) is 2. The van der Waals surface area contributed by atoms with Crippen molar-refractivity contribution in [1.29, 1.82) is 0 Å². The van der Waals surface area contributed by atoms with Crippen LogP contribution in [0.25, 0.3) is 0 Å². The number of aromatic carboxylic acids is 1. The lowest BCUT2D eigenvalue weighted by molar-refractivity contribution is 0.0691. The van der Waals surface area contributed by atoms with E-state index in [9.17, 15) is 9.59 Å². The number of carbonyl (C=O) groups excluding carboxylic acids is 1. The van der Waals surface area contributed by atoms with Crippen LogP contribution in [0.4, 0.5) is 10.5 Å². The number of urea groups is 1. The van der Waals surface area contributed by atoms with Crippen LogP contribution in [0, 0.1) is 6.92 Å². The molecule has 0 saturated carbocycles. The van der Waals surface area contributed by atoms with Crippen molar-refractivity contribution in [3.05, 3.63) is 48.0 Å². The Morgan fingerprint density at radius 1 is 1.38 bits per heavy atom. The summed E-state index contributed by atoms with van der Waals surface area (Å²) in [5.41, 5.74) is 1.77. The first-order valence-corrected chi connectivity index (χ1v) is 6.41. The number of hydrogen-bond donors (Lipinski definition) is 3. The molecule has 0 saturated heterocycles. The summed E-state index contributed by atoms with van der Waals surface area (Å²) in [5.74, 6) is -1.07. The van der Waals surface area contributed by atoms with Crippen molar-refractivity contribution in [2.24, 2.45) is 0 Å². The Morgan fingerprint density at radius 3 is 2.86 bits per heavy atom. The van der Waals surface area contributed by atoms with E-state index in [0.717, 1.165) is 11.3 Å². The molecule has 0 spiro atoms. The molecule has 1 aromatic heterocycles. The van der Waals surface area contributed by atoms with Crippen LogP contribution in [0.3, 0.4) is 0 Å². The maximum Gasteiger partial charge on any atom is 0.356 e. The summed E-state index contributed by atoms with van der Waals surface area (Å²) >= 11 is 0. The van der Waals surface area contributed by atoms with Crippen molar-refractivity contribution in [3.63, 3.8) is 0 Å². The SMILES string of the molecule is Cc1cccc(NC(=O)NCCn2cnc(C(=O)O)c2)c1. The molecule has 0 bridgehead atoms. The van der Waals surface area contributed by atoms with E-state index in [4.69, 9.17) is 5.11 Å². The van der Waals surface area contributed by atoms with Crippen LogP contribution in [-0.2, 0) is 6.54 Å². The first kappa shape index (κ1) is 14.6. The molecule has 0 fully saturated rings. The summed E-state index contributed by atoms with van der Waals surface area (Å²) < 4.78 is 1.61. The summed E-state index contributed by atoms with van der Waals surface area (Å²) in [4.78, 5) is 26.1. The molecule has 7 heteroatoms. The number of imidazole rings is 1. The zero-order chi connectivity index (χ0) is 15.2. The lowest BCUT2D eigenvalue weighted by Crippen LogP contribution is -2.31. The van der Waals surface area contributed by atoms with Gasteiger partial charge >= 0.3 is 12.0 Å². The van der Waals surface area contributed by atoms with Crippen LogP contribution in [0.15, 0.2) is 36.8 Å². The van der Waals surface area contributed by atoms with Gasteiger partial charge in [-0.15, -0.1) is 0 Å². The van der Waals surface area contributed by atoms with Gasteiger partial charge in [-0.2, -0.15) is 0 Å². The predicted molar refractivity (Wildman–Crippen MR) is 77.4 cm³/mol. The van der Waals surface area contributed by atoms with Crippen LogP contribution in [-0.4, -0.2) is 33.2 Å². The number of carboxylic acids is 1. The summed E-state index contributed by atoms with van der Waals surface area (Å²) in [7, 11) is 0. The number of carboxylic acid groups (broad SMARTS) is 1. The number of benzene rings is 1. The number of anilines is 1. The van der Waals surface area contributed by atoms with Crippen molar-refractivity contribution < 1.29 is 14.7 Å². The zero-order valence-corrected chi connectivity index (χ0v) is 11.5. The van der Waals surface area contributed by atoms with Crippen LogP contribution >= 0.6 is 0 Å². The Bertz CT molecular complexity index is 651. The average Bonchev–Trinajstić information content (AvgIpc) is 2.87. The quantitative estimate of drug-likeness (QED) is 0.780. The lowest BCUT2D eigenvalue weighted by atomic mass is 10.2. The molecule has 0 atom stereocenters. The van der Waals surface area contributed by atoms with Gasteiger partial charge in [-0.3, -0.25) is 0 Å². The van der Waals surface area contributed by atoms with Crippen LogP contribution in [0.1, 0.15) is 16.1 Å². The highest BCUT2D eigenvalue weighted by Crippen LogP contribution is 2.08. The van der Waals surface area contributed by atoms with Gasteiger partial charge in [-0.05, 0) is 24.6 Å². The van der Waals surface area contributed by atoms with Gasteiger partial charge in [0.1, 0.15) is 0 Å². The number of aromatic nitrogens is 2. The number of rotatable bonds is 5. The third kappa shape index (κ3) is 4.34. The number of carbonyl (C=O) groups is 2. The van der Waals surface area contributed by atoms with Crippen molar-refractivity contribution >= 4 is 17.7 Å². The van der Waals surface area contributed by atoms with Gasteiger partial charge in [-0.1, -0.05) is 12.1 Å². The Labute approximate surface area is 121 Å². The highest BCUT2D eigenvalue weighted by Gasteiger charge is 2.06. The smallest absolute Gasteiger partial charge is 0.356 e. The lowest BCUT2D eigenvalue weighted by Gasteiger charge is -2.08. The molecule has 2 rings (SSSR count). The zero-order valence-electron chi connectivity index (χ0n) is 11.5. The maximum atomic E-state index is 11.7. The van der Waals surface area contributed by atoms with Crippen molar-refractivity contribution in [2.75, 3.05) is 11.9 Å². The molecular weight excluding hydrogens is 272 g/mol. The molecule has 2 amide bonds. The number of nitrogens with zero attached hydrogens (tertiary/aromatic N) is 2. The van der Waals surface area contributed by atoms with Crippen molar-refractivity contribution in [1.82, 2.24) is 14.9 Å². The molecule has 0 aliphatic heterocycles. The third-order valence-corrected chi connectivity index (χ3v) is 2.78. The minimum absolute atomic E-state index is 0.0146. The normalized spacial score (nSPS) is 10.1. The Balaban J connectivity index is 1.77. The summed E-state index contributed by atoms with van der Waals surface area (Å²) in [6, 6.07) is 7.18. The second kappa shape index (κ2) is 6.56. The molecule has 1 aromatic carbocycles. The van der Waals surface area contributed by atoms with E-state index in [2.05, 4.69) is 15.6 Å². The topological polar surface area (TPSA) is 96.3 Å². The predicted octanol–water partition coefficient (Wildman–Crippen LogP) is 1.71. The highest BCUT2D eigenvalue weighted by molar-refractivity contribution is 5.89. The number of aryl methyl sites for hydroxylation is 1. The van der Waals surface area contributed by atoms with E-state index in [-0.39, 0.29) is 11.7 Å². The van der Waals surface area contributed by atoms with Crippen molar-refractivity contribution in [3.8, 4) is 0 Å². The first-order chi connectivity index (χ1) is 10.0. The standard InChI is InChI=1S/C14H16N4O3/c1-10-3-2-4-11(7-10)17-14(21)15-5-6-18-8-12(13(19)20)16-9-18/h2-4,7-9H,5-6H2,1H3,(H,19,20)(H2,15,17,21). The van der Waals surface area contributed by atoms with E-state index < -0.39 is 5.97 Å². The first-order valence-electron chi connectivity index (χ1n) is 6.41. The van der Waals surface area contributed by atoms with E-state index in [1.54, 1.807) is 4.57 Å². The molecule has 0 aliphatic carbocycles. The molecule has 0 unspecified atom stereocenters. The molecule has 7 nitrogen and oxygen atoms in total. The van der Waals surface area contributed by atoms with Gasteiger partial charge in [0.15, 0.2) is 5.69 Å². The molecule has 0 radical (unpaired) electrons. The molecule has 110 valence electrons. The van der Waals surface area contributed by atoms with E-state index in [0.29, 0.717) is 13.1 Å². The van der Waals surface area contributed by atoms with Gasteiger partial charge in [-0.25, -0.2) is 14.6 Å². The van der Waals surface area contributed by atoms with Crippen molar-refractivity contribution in [2.45, 2.75) is 13.5 Å². The van der Waals surface area contributed by atoms with E-state index in [1.165, 1.54) is 12.5 Å². The highest BCUT2D eigenvalue weighted by atomic mass is 16.4. The summed E-state index contributed by atoms with van der Waals surface area (Å²) in [5, 5.41) is 14.2. The fraction of sp³-hybridized carbons (Fsp3) is 0.214. The number of hydrogen-bond acceptors (Lipinski definition) is 3. The second-order valence-corrected chi connectivity index (χ2v) is 4.55. The Hall–Kier alpha value is -2.83. The molecule has 21 heavy (non-hydrogen) atoms. The van der Waals surface area contributed by atoms with Crippen LogP contribution < -0.4 is 10.6 Å². The fourth-order valence-electron chi connectivity index (χ4n) is 1.79. The minimum Gasteiger partial charge on any atom is -0.476 e. The van der Waals surface area contributed by atoms with Gasteiger partial charge in [0, 0.05) is 25.0 Å². The van der Waals surface area contributed by atoms with Gasteiger partial charge in [0.05, 0.1) is 6.33 Å². The van der Waals surface area contributed by atoms with Crippen LogP contribution in [0.5, 0.6) is 0 Å². The molecular formula is C14H16N4O3. The second-order valence-electron chi connectivity index (χ2n) is 4.55. The van der Waals surface area contributed by atoms with E-state index >= 15 is 0 Å². The fourth-order valence-corrected chi connectivity index (χ4v) is 1.79. The average molecular weight is 288 g/mol. The summed E-state index contributed by atoms with van der Waals surface area (Å²) in [6.07, 6.45) is 2.84. The monoisotopic (exact) mass is 288 g/mol. The van der Waals surface area contributed by atoms with Crippen LogP contribution in [0.2, 0.25) is 0 Å². The van der Waals surface area contributed by atoms with E-state index in [1.807, 2.05) is 31.2 Å². The van der Waals surface area contributed by atoms with Gasteiger partial charge in [0.2, 0.25) is 0 Å². The molecule has 0 aliphatic rings. The number of amides is 2. The summed E-state index contributed by atoms with van der Waals surface area (Å²) in [6.45, 7) is 2.76. The maximum absolute atomic E-state index is 11.7. The minimum atomic E-state index is -1.07. The Kier molecular flexibility index (Phi) is 4.55. The molecule has 3 N–H and O–H groups in total. The van der Waals surface area contributed by atoms with Gasteiger partial charge in [0.25, 0.3) is 0 Å². The largest absolute Gasteiger partial charge is 0.476 e. The molecule has 2 aromatic rings. The third-order valence-electron chi connectivity index (χ3n) is 2.78. The Morgan fingerprint density at radius 2 is 2.19 bits per heavy atom. The molecule has 1 heterocycles.